The van der Waals surface area contributed by atoms with Crippen molar-refractivity contribution >= 4 is 23.0 Å². The molecule has 0 atom stereocenters. The van der Waals surface area contributed by atoms with Gasteiger partial charge in [0.05, 0.1) is 14.2 Å². The second-order valence-electron chi connectivity index (χ2n) is 6.86. The number of hydrogen-bond donors (Lipinski definition) is 2. The highest BCUT2D eigenvalue weighted by Crippen LogP contribution is 2.31. The van der Waals surface area contributed by atoms with Gasteiger partial charge >= 0.3 is 0 Å². The molecular formula is C23H25N3O3. The van der Waals surface area contributed by atoms with Crippen LogP contribution in [0.1, 0.15) is 35.8 Å². The van der Waals surface area contributed by atoms with Gasteiger partial charge in [0, 0.05) is 29.3 Å². The van der Waals surface area contributed by atoms with Gasteiger partial charge in [-0.1, -0.05) is 26.0 Å². The Balaban J connectivity index is 1.72. The number of anilines is 3. The fourth-order valence-corrected chi connectivity index (χ4v) is 2.86. The molecule has 6 nitrogen and oxygen atoms in total. The summed E-state index contributed by atoms with van der Waals surface area (Å²) in [5.41, 5.74) is 3.84. The van der Waals surface area contributed by atoms with Gasteiger partial charge in [0.1, 0.15) is 5.69 Å². The highest BCUT2D eigenvalue weighted by Gasteiger charge is 2.10. The Morgan fingerprint density at radius 1 is 0.862 bits per heavy atom. The highest BCUT2D eigenvalue weighted by molar-refractivity contribution is 6.03. The van der Waals surface area contributed by atoms with Crippen LogP contribution in [0.4, 0.5) is 17.1 Å². The van der Waals surface area contributed by atoms with Crippen molar-refractivity contribution in [1.29, 1.82) is 0 Å². The molecule has 0 unspecified atom stereocenters. The van der Waals surface area contributed by atoms with Crippen LogP contribution in [0.2, 0.25) is 0 Å². The number of nitrogens with one attached hydrogen (secondary N) is 2. The maximum Gasteiger partial charge on any atom is 0.274 e. The Bertz CT molecular complexity index is 985. The SMILES string of the molecule is COc1ccc(Nc2ccnc(C(=O)Nc3ccc(C(C)C)cc3)c2)cc1OC. The molecule has 0 radical (unpaired) electrons. The molecule has 6 heteroatoms. The van der Waals surface area contributed by atoms with Crippen LogP contribution in [0.15, 0.2) is 60.8 Å². The summed E-state index contributed by atoms with van der Waals surface area (Å²) >= 11 is 0. The fourth-order valence-electron chi connectivity index (χ4n) is 2.86. The maximum atomic E-state index is 12.6. The van der Waals surface area contributed by atoms with Crippen LogP contribution < -0.4 is 20.1 Å². The molecule has 2 aromatic carbocycles. The number of benzene rings is 2. The van der Waals surface area contributed by atoms with Crippen molar-refractivity contribution in [3.8, 4) is 11.5 Å². The zero-order valence-corrected chi connectivity index (χ0v) is 17.0. The number of carbonyl (C=O) groups is 1. The van der Waals surface area contributed by atoms with Gasteiger partial charge in [-0.25, -0.2) is 0 Å². The van der Waals surface area contributed by atoms with E-state index in [4.69, 9.17) is 9.47 Å². The number of hydrogen-bond acceptors (Lipinski definition) is 5. The minimum Gasteiger partial charge on any atom is -0.493 e. The minimum atomic E-state index is -0.266. The summed E-state index contributed by atoms with van der Waals surface area (Å²) in [6, 6.07) is 16.9. The third kappa shape index (κ3) is 5.04. The van der Waals surface area contributed by atoms with Gasteiger partial charge in [-0.2, -0.15) is 0 Å². The third-order valence-electron chi connectivity index (χ3n) is 4.50. The lowest BCUT2D eigenvalue weighted by Crippen LogP contribution is -2.13. The van der Waals surface area contributed by atoms with Gasteiger partial charge in [0.15, 0.2) is 11.5 Å². The van der Waals surface area contributed by atoms with Gasteiger partial charge in [0.25, 0.3) is 5.91 Å². The van der Waals surface area contributed by atoms with Gasteiger partial charge in [0.2, 0.25) is 0 Å². The molecule has 3 aromatic rings. The van der Waals surface area contributed by atoms with E-state index < -0.39 is 0 Å². The maximum absolute atomic E-state index is 12.6. The van der Waals surface area contributed by atoms with E-state index in [1.807, 2.05) is 42.5 Å². The molecule has 1 heterocycles. The molecule has 1 aromatic heterocycles. The number of aromatic nitrogens is 1. The summed E-state index contributed by atoms with van der Waals surface area (Å²) in [4.78, 5) is 16.8. The summed E-state index contributed by atoms with van der Waals surface area (Å²) in [7, 11) is 3.18. The normalized spacial score (nSPS) is 10.5. The largest absolute Gasteiger partial charge is 0.493 e. The van der Waals surface area contributed by atoms with Crippen LogP contribution in [0.25, 0.3) is 0 Å². The van der Waals surface area contributed by atoms with Crippen LogP contribution in [0.3, 0.4) is 0 Å². The molecule has 0 aliphatic carbocycles. The average molecular weight is 391 g/mol. The number of carbonyl (C=O) groups excluding carboxylic acids is 1. The molecule has 0 spiro atoms. The number of pyridine rings is 1. The van der Waals surface area contributed by atoms with Crippen LogP contribution in [-0.4, -0.2) is 25.1 Å². The van der Waals surface area contributed by atoms with Crippen LogP contribution in [0.5, 0.6) is 11.5 Å². The number of rotatable bonds is 7. The van der Waals surface area contributed by atoms with Gasteiger partial charge in [-0.05, 0) is 47.9 Å². The van der Waals surface area contributed by atoms with E-state index in [0.29, 0.717) is 23.1 Å². The highest BCUT2D eigenvalue weighted by atomic mass is 16.5. The van der Waals surface area contributed by atoms with Crippen LogP contribution in [0, 0.1) is 0 Å². The van der Waals surface area contributed by atoms with E-state index in [0.717, 1.165) is 17.1 Å². The van der Waals surface area contributed by atoms with E-state index in [9.17, 15) is 4.79 Å². The predicted molar refractivity (Wildman–Crippen MR) is 116 cm³/mol. The number of ether oxygens (including phenoxy) is 2. The topological polar surface area (TPSA) is 72.5 Å². The first-order chi connectivity index (χ1) is 14.0. The minimum absolute atomic E-state index is 0.266. The van der Waals surface area contributed by atoms with Crippen molar-refractivity contribution in [2.75, 3.05) is 24.9 Å². The van der Waals surface area contributed by atoms with Crippen molar-refractivity contribution in [3.05, 3.63) is 72.1 Å². The molecule has 0 bridgehead atoms. The molecule has 3 rings (SSSR count). The molecule has 0 aliphatic heterocycles. The van der Waals surface area contributed by atoms with Crippen LogP contribution in [-0.2, 0) is 0 Å². The monoisotopic (exact) mass is 391 g/mol. The third-order valence-corrected chi connectivity index (χ3v) is 4.50. The van der Waals surface area contributed by atoms with Crippen molar-refractivity contribution in [3.63, 3.8) is 0 Å². The van der Waals surface area contributed by atoms with E-state index in [1.54, 1.807) is 32.5 Å². The fraction of sp³-hybridized carbons (Fsp3) is 0.217. The van der Waals surface area contributed by atoms with E-state index >= 15 is 0 Å². The first-order valence-electron chi connectivity index (χ1n) is 9.36. The summed E-state index contributed by atoms with van der Waals surface area (Å²) in [6.07, 6.45) is 1.60. The quantitative estimate of drug-likeness (QED) is 0.578. The lowest BCUT2D eigenvalue weighted by Gasteiger charge is -2.12. The molecule has 0 saturated heterocycles. The zero-order chi connectivity index (χ0) is 20.8. The van der Waals surface area contributed by atoms with E-state index in [2.05, 4.69) is 29.5 Å². The average Bonchev–Trinajstić information content (AvgIpc) is 2.74. The molecule has 29 heavy (non-hydrogen) atoms. The van der Waals surface area contributed by atoms with E-state index in [-0.39, 0.29) is 5.91 Å². The standard InChI is InChI=1S/C23H25N3O3/c1-15(2)16-5-7-17(8-6-16)26-23(27)20-13-19(11-12-24-20)25-18-9-10-21(28-3)22(14-18)29-4/h5-15H,1-4H3,(H,24,25)(H,26,27). The number of methoxy groups -OCH3 is 2. The second kappa shape index (κ2) is 9.10. The van der Waals surface area contributed by atoms with Crippen molar-refractivity contribution in [1.82, 2.24) is 4.98 Å². The lowest BCUT2D eigenvalue weighted by molar-refractivity contribution is 0.102. The zero-order valence-electron chi connectivity index (χ0n) is 17.0. The van der Waals surface area contributed by atoms with Crippen molar-refractivity contribution in [2.24, 2.45) is 0 Å². The Hall–Kier alpha value is -3.54. The van der Waals surface area contributed by atoms with E-state index in [1.165, 1.54) is 5.56 Å². The summed E-state index contributed by atoms with van der Waals surface area (Å²) < 4.78 is 10.6. The predicted octanol–water partition coefficient (Wildman–Crippen LogP) is 5.22. The lowest BCUT2D eigenvalue weighted by atomic mass is 10.0. The van der Waals surface area contributed by atoms with Gasteiger partial charge < -0.3 is 20.1 Å². The summed E-state index contributed by atoms with van der Waals surface area (Å²) in [5.74, 6) is 1.45. The van der Waals surface area contributed by atoms with Crippen molar-refractivity contribution in [2.45, 2.75) is 19.8 Å². The molecule has 0 saturated carbocycles. The number of nitrogens with zero attached hydrogens (tertiary/aromatic N) is 1. The number of amides is 1. The Kier molecular flexibility index (Phi) is 6.34. The molecule has 0 fully saturated rings. The van der Waals surface area contributed by atoms with Gasteiger partial charge in [-0.3, -0.25) is 9.78 Å². The Labute approximate surface area is 170 Å². The molecule has 0 aliphatic rings. The van der Waals surface area contributed by atoms with Crippen LogP contribution >= 0.6 is 0 Å². The summed E-state index contributed by atoms with van der Waals surface area (Å²) in [6.45, 7) is 4.27. The molecule has 150 valence electrons. The van der Waals surface area contributed by atoms with Gasteiger partial charge in [-0.15, -0.1) is 0 Å². The van der Waals surface area contributed by atoms with Crippen molar-refractivity contribution < 1.29 is 14.3 Å². The second-order valence-corrected chi connectivity index (χ2v) is 6.86. The Morgan fingerprint density at radius 2 is 1.52 bits per heavy atom. The Morgan fingerprint density at radius 3 is 2.17 bits per heavy atom. The first kappa shape index (κ1) is 20.2. The molecular weight excluding hydrogens is 366 g/mol. The molecule has 1 amide bonds. The summed E-state index contributed by atoms with van der Waals surface area (Å²) in [5, 5.41) is 6.14. The molecule has 2 N–H and O–H groups in total. The smallest absolute Gasteiger partial charge is 0.274 e. The first-order valence-corrected chi connectivity index (χ1v) is 9.36.